The molecule has 5 N–H and O–H groups in total. The molecule has 126 valence electrons. The fourth-order valence-electron chi connectivity index (χ4n) is 1.22. The number of benzene rings is 1. The van der Waals surface area contributed by atoms with Gasteiger partial charge in [-0.15, -0.1) is 0 Å². The Kier molecular flexibility index (Phi) is 8.37. The number of aliphatic carboxylic acids is 1. The third-order valence-corrected chi connectivity index (χ3v) is 8.22. The molecule has 0 bridgehead atoms. The van der Waals surface area contributed by atoms with Gasteiger partial charge in [-0.2, -0.15) is 0 Å². The normalized spacial score (nSPS) is 11.5. The van der Waals surface area contributed by atoms with E-state index in [0.717, 1.165) is 5.69 Å². The average molecular weight is 327 g/mol. The second kappa shape index (κ2) is 8.92. The third kappa shape index (κ3) is 8.16. The summed E-state index contributed by atoms with van der Waals surface area (Å²) in [5.41, 5.74) is 12.5. The van der Waals surface area contributed by atoms with Crippen molar-refractivity contribution in [2.45, 2.75) is 51.9 Å². The number of carboxylic acids is 1. The second-order valence-electron chi connectivity index (χ2n) is 6.72. The number of carboxylic acid groups (broad SMARTS) is 1. The summed E-state index contributed by atoms with van der Waals surface area (Å²) in [5, 5.41) is 8.10. The lowest BCUT2D eigenvalue weighted by molar-refractivity contribution is -0.136. The van der Waals surface area contributed by atoms with Gasteiger partial charge in [-0.05, 0) is 35.8 Å². The molecule has 0 unspecified atom stereocenters. The van der Waals surface area contributed by atoms with Gasteiger partial charge in [0.25, 0.3) is 0 Å². The van der Waals surface area contributed by atoms with Gasteiger partial charge in [-0.25, -0.2) is 0 Å². The van der Waals surface area contributed by atoms with Crippen molar-refractivity contribution in [3.63, 3.8) is 0 Å². The Balaban J connectivity index is 0.000000626. The van der Waals surface area contributed by atoms with Crippen LogP contribution in [0.2, 0.25) is 18.1 Å². The maximum Gasteiger partial charge on any atom is 0.304 e. The summed E-state index contributed by atoms with van der Waals surface area (Å²) < 4.78 is 6.12. The molecule has 0 fully saturated rings. The lowest BCUT2D eigenvalue weighted by atomic mass is 10.2. The Labute approximate surface area is 134 Å². The molecule has 0 saturated heterocycles. The first kappa shape index (κ1) is 20.6. The number of rotatable bonds is 5. The lowest BCUT2D eigenvalue weighted by Crippen LogP contribution is -2.40. The molecule has 0 atom stereocenters. The first-order valence-electron chi connectivity index (χ1n) is 7.40. The molecule has 0 spiro atoms. The van der Waals surface area contributed by atoms with Crippen LogP contribution in [0.25, 0.3) is 0 Å². The Hall–Kier alpha value is -1.37. The van der Waals surface area contributed by atoms with Crippen LogP contribution in [0.15, 0.2) is 24.3 Å². The van der Waals surface area contributed by atoms with Crippen LogP contribution in [0, 0.1) is 0 Å². The highest BCUT2D eigenvalue weighted by Crippen LogP contribution is 2.37. The highest BCUT2D eigenvalue weighted by Gasteiger charge is 2.36. The number of carbonyl (C=O) groups is 1. The zero-order valence-electron chi connectivity index (χ0n) is 14.3. The summed E-state index contributed by atoms with van der Waals surface area (Å²) >= 11 is 0. The van der Waals surface area contributed by atoms with Crippen molar-refractivity contribution < 1.29 is 14.3 Å². The number of nitrogens with two attached hydrogens (primary N) is 2. The molecule has 0 radical (unpaired) electrons. The van der Waals surface area contributed by atoms with Crippen molar-refractivity contribution in [3.8, 4) is 0 Å². The molecule has 5 nitrogen and oxygen atoms in total. The fourth-order valence-corrected chi connectivity index (χ4v) is 2.18. The minimum Gasteiger partial charge on any atom is -0.481 e. The van der Waals surface area contributed by atoms with Gasteiger partial charge in [0, 0.05) is 12.2 Å². The lowest BCUT2D eigenvalue weighted by Gasteiger charge is -2.36. The minimum atomic E-state index is -1.63. The molecule has 0 saturated carbocycles. The molecule has 1 rings (SSSR count). The van der Waals surface area contributed by atoms with Crippen molar-refractivity contribution in [3.05, 3.63) is 29.8 Å². The minimum absolute atomic E-state index is 0.0694. The number of nitrogen functional groups attached to an aromatic ring is 1. The van der Waals surface area contributed by atoms with Crippen molar-refractivity contribution in [2.75, 3.05) is 12.3 Å². The summed E-state index contributed by atoms with van der Waals surface area (Å²) in [5.74, 6) is -0.836. The maximum atomic E-state index is 9.52. The molecule has 0 heterocycles. The van der Waals surface area contributed by atoms with Gasteiger partial charge in [-0.3, -0.25) is 4.79 Å². The van der Waals surface area contributed by atoms with Crippen LogP contribution in [-0.2, 0) is 15.8 Å². The van der Waals surface area contributed by atoms with Crippen molar-refractivity contribution >= 4 is 20.0 Å². The zero-order valence-corrected chi connectivity index (χ0v) is 15.3. The average Bonchev–Trinajstić information content (AvgIpc) is 2.37. The summed E-state index contributed by atoms with van der Waals surface area (Å²) in [6, 6.07) is 7.90. The van der Waals surface area contributed by atoms with Crippen LogP contribution < -0.4 is 11.5 Å². The molecule has 22 heavy (non-hydrogen) atoms. The van der Waals surface area contributed by atoms with E-state index in [1.165, 1.54) is 5.56 Å². The van der Waals surface area contributed by atoms with E-state index in [-0.39, 0.29) is 18.0 Å². The van der Waals surface area contributed by atoms with E-state index >= 15 is 0 Å². The van der Waals surface area contributed by atoms with Gasteiger partial charge in [0.05, 0.1) is 13.0 Å². The van der Waals surface area contributed by atoms with Gasteiger partial charge < -0.3 is 21.0 Å². The Morgan fingerprint density at radius 1 is 1.23 bits per heavy atom. The first-order valence-corrected chi connectivity index (χ1v) is 10.3. The molecule has 0 aromatic heterocycles. The topological polar surface area (TPSA) is 98.6 Å². The van der Waals surface area contributed by atoms with Crippen molar-refractivity contribution in [1.82, 2.24) is 0 Å². The zero-order chi connectivity index (χ0) is 17.4. The summed E-state index contributed by atoms with van der Waals surface area (Å²) in [6.45, 7) is 12.2. The van der Waals surface area contributed by atoms with Crippen LogP contribution in [0.3, 0.4) is 0 Å². The first-order chi connectivity index (χ1) is 9.99. The maximum absolute atomic E-state index is 9.52. The predicted octanol–water partition coefficient (Wildman–Crippen LogP) is 3.21. The Bertz CT molecular complexity index is 453. The largest absolute Gasteiger partial charge is 0.481 e. The van der Waals surface area contributed by atoms with Crippen LogP contribution in [-0.4, -0.2) is 25.9 Å². The van der Waals surface area contributed by atoms with Gasteiger partial charge in [-0.1, -0.05) is 32.9 Å². The molecule has 0 aliphatic rings. The number of anilines is 1. The molecule has 6 heteroatoms. The molecule has 0 amide bonds. The van der Waals surface area contributed by atoms with Crippen molar-refractivity contribution in [2.24, 2.45) is 5.73 Å². The molecule has 0 aliphatic heterocycles. The molecule has 0 aliphatic carbocycles. The van der Waals surface area contributed by atoms with Crippen LogP contribution in [0.1, 0.15) is 32.8 Å². The Morgan fingerprint density at radius 2 is 1.73 bits per heavy atom. The van der Waals surface area contributed by atoms with Crippen LogP contribution in [0.5, 0.6) is 0 Å². The quantitative estimate of drug-likeness (QED) is 0.570. The highest BCUT2D eigenvalue weighted by atomic mass is 28.4. The van der Waals surface area contributed by atoms with Gasteiger partial charge >= 0.3 is 5.97 Å². The van der Waals surface area contributed by atoms with Crippen molar-refractivity contribution in [1.29, 1.82) is 0 Å². The molecular weight excluding hydrogens is 296 g/mol. The monoisotopic (exact) mass is 326 g/mol. The van der Waals surface area contributed by atoms with E-state index in [0.29, 0.717) is 6.61 Å². The van der Waals surface area contributed by atoms with E-state index in [1.54, 1.807) is 0 Å². The van der Waals surface area contributed by atoms with Gasteiger partial charge in [0.15, 0.2) is 8.32 Å². The van der Waals surface area contributed by atoms with Gasteiger partial charge in [0.2, 0.25) is 0 Å². The van der Waals surface area contributed by atoms with E-state index < -0.39 is 14.3 Å². The smallest absolute Gasteiger partial charge is 0.304 e. The summed E-state index contributed by atoms with van der Waals surface area (Å²) in [6.07, 6.45) is 0.0694. The van der Waals surface area contributed by atoms with E-state index in [9.17, 15) is 4.79 Å². The van der Waals surface area contributed by atoms with E-state index in [1.807, 2.05) is 24.3 Å². The molecular formula is C16H30N2O3Si. The summed E-state index contributed by atoms with van der Waals surface area (Å²) in [4.78, 5) is 9.52. The highest BCUT2D eigenvalue weighted by molar-refractivity contribution is 6.74. The SMILES string of the molecule is CC(C)(C)[Si](C)(C)OCc1ccc(N)cc1.NCCC(=O)O. The van der Waals surface area contributed by atoms with Crippen LogP contribution in [0.4, 0.5) is 5.69 Å². The molecule has 1 aromatic carbocycles. The number of hydrogen-bond donors (Lipinski definition) is 3. The standard InChI is InChI=1S/C13H23NOSi.C3H7NO2/c1-13(2,3)16(4,5)15-10-11-6-8-12(14)9-7-11;4-2-1-3(5)6/h6-9H,10,14H2,1-5H3;1-2,4H2,(H,5,6). The van der Waals surface area contributed by atoms with E-state index in [4.69, 9.17) is 21.0 Å². The van der Waals surface area contributed by atoms with Gasteiger partial charge in [0.1, 0.15) is 0 Å². The molecule has 1 aromatic rings. The number of hydrogen-bond acceptors (Lipinski definition) is 4. The predicted molar refractivity (Wildman–Crippen MR) is 94.1 cm³/mol. The summed E-state index contributed by atoms with van der Waals surface area (Å²) in [7, 11) is -1.63. The van der Waals surface area contributed by atoms with E-state index in [2.05, 4.69) is 33.9 Å². The Morgan fingerprint density at radius 3 is 2.05 bits per heavy atom. The van der Waals surface area contributed by atoms with Crippen LogP contribution >= 0.6 is 0 Å². The second-order valence-corrected chi connectivity index (χ2v) is 11.5. The fraction of sp³-hybridized carbons (Fsp3) is 0.562. The third-order valence-electron chi connectivity index (χ3n) is 3.74.